The average Bonchev–Trinajstić information content (AvgIpc) is 3.09. The highest BCUT2D eigenvalue weighted by Crippen LogP contribution is 2.33. The van der Waals surface area contributed by atoms with E-state index in [-0.39, 0.29) is 17.5 Å². The number of hydrogen-bond acceptors (Lipinski definition) is 4. The summed E-state index contributed by atoms with van der Waals surface area (Å²) in [6.07, 6.45) is 7.91. The summed E-state index contributed by atoms with van der Waals surface area (Å²) in [5, 5.41) is 12.3. The molecule has 27 heavy (non-hydrogen) atoms. The molecule has 5 nitrogen and oxygen atoms in total. The van der Waals surface area contributed by atoms with Crippen LogP contribution in [-0.2, 0) is 17.9 Å². The lowest BCUT2D eigenvalue weighted by Crippen LogP contribution is -2.24. The minimum Gasteiger partial charge on any atom is -0.351 e. The predicted octanol–water partition coefficient (Wildman–Crippen LogP) is 4.06. The summed E-state index contributed by atoms with van der Waals surface area (Å²) in [7, 11) is 0. The first kappa shape index (κ1) is 19.6. The number of benzene rings is 1. The maximum atomic E-state index is 12.9. The Labute approximate surface area is 163 Å². The summed E-state index contributed by atoms with van der Waals surface area (Å²) in [6.45, 7) is 4.87. The minimum absolute atomic E-state index is 0.0864. The molecule has 1 aliphatic rings. The maximum absolute atomic E-state index is 12.9. The van der Waals surface area contributed by atoms with Gasteiger partial charge in [0.05, 0.1) is 5.75 Å². The first-order valence-electron chi connectivity index (χ1n) is 9.35. The summed E-state index contributed by atoms with van der Waals surface area (Å²) in [4.78, 5) is 12.2. The Morgan fingerprint density at radius 2 is 2.00 bits per heavy atom. The van der Waals surface area contributed by atoms with Gasteiger partial charge in [0.1, 0.15) is 11.6 Å². The summed E-state index contributed by atoms with van der Waals surface area (Å²) in [5.74, 6) is 1.37. The standard InChI is InChI=1S/C20H25FN4OS/c1-2-12-25-19(16-6-4-3-5-7-16)23-24-20(25)27-14-18(26)22-13-15-8-10-17(21)11-9-15/h2,8-11,16H,1,3-7,12-14H2,(H,22,26). The van der Waals surface area contributed by atoms with E-state index in [9.17, 15) is 9.18 Å². The molecule has 1 heterocycles. The second-order valence-electron chi connectivity index (χ2n) is 6.77. The van der Waals surface area contributed by atoms with Crippen molar-refractivity contribution in [1.29, 1.82) is 0 Å². The summed E-state index contributed by atoms with van der Waals surface area (Å²) < 4.78 is 15.0. The Bertz CT molecular complexity index is 769. The highest BCUT2D eigenvalue weighted by atomic mass is 32.2. The largest absolute Gasteiger partial charge is 0.351 e. The number of amides is 1. The Balaban J connectivity index is 1.56. The number of allylic oxidation sites excluding steroid dienone is 1. The molecular weight excluding hydrogens is 363 g/mol. The van der Waals surface area contributed by atoms with Crippen LogP contribution in [0, 0.1) is 5.82 Å². The van der Waals surface area contributed by atoms with E-state index in [0.717, 1.165) is 29.4 Å². The number of thioether (sulfide) groups is 1. The van der Waals surface area contributed by atoms with Crippen LogP contribution in [0.25, 0.3) is 0 Å². The fourth-order valence-corrected chi connectivity index (χ4v) is 4.14. The second-order valence-corrected chi connectivity index (χ2v) is 7.71. The summed E-state index contributed by atoms with van der Waals surface area (Å²) in [6, 6.07) is 6.11. The van der Waals surface area contributed by atoms with Crippen LogP contribution in [0.2, 0.25) is 0 Å². The lowest BCUT2D eigenvalue weighted by atomic mass is 9.89. The number of carbonyl (C=O) groups is 1. The van der Waals surface area contributed by atoms with E-state index in [1.165, 1.54) is 43.2 Å². The SMILES string of the molecule is C=CCn1c(SCC(=O)NCc2ccc(F)cc2)nnc1C1CCCCC1. The third-order valence-corrected chi connectivity index (χ3v) is 5.73. The van der Waals surface area contributed by atoms with E-state index >= 15 is 0 Å². The van der Waals surface area contributed by atoms with Crippen LogP contribution in [0.4, 0.5) is 4.39 Å². The fourth-order valence-electron chi connectivity index (χ4n) is 3.35. The van der Waals surface area contributed by atoms with E-state index in [4.69, 9.17) is 0 Å². The molecule has 3 rings (SSSR count). The fraction of sp³-hybridized carbons (Fsp3) is 0.450. The molecule has 0 saturated heterocycles. The summed E-state index contributed by atoms with van der Waals surface area (Å²) >= 11 is 1.39. The highest BCUT2D eigenvalue weighted by Gasteiger charge is 2.23. The molecule has 1 fully saturated rings. The Morgan fingerprint density at radius 3 is 2.70 bits per heavy atom. The van der Waals surface area contributed by atoms with Gasteiger partial charge in [0.15, 0.2) is 5.16 Å². The van der Waals surface area contributed by atoms with Crippen LogP contribution < -0.4 is 5.32 Å². The topological polar surface area (TPSA) is 59.8 Å². The van der Waals surface area contributed by atoms with Gasteiger partial charge in [0, 0.05) is 19.0 Å². The number of carbonyl (C=O) groups excluding carboxylic acids is 1. The average molecular weight is 389 g/mol. The van der Waals surface area contributed by atoms with Gasteiger partial charge < -0.3 is 9.88 Å². The van der Waals surface area contributed by atoms with Crippen LogP contribution in [-0.4, -0.2) is 26.4 Å². The Morgan fingerprint density at radius 1 is 1.26 bits per heavy atom. The molecule has 0 atom stereocenters. The zero-order valence-electron chi connectivity index (χ0n) is 15.4. The van der Waals surface area contributed by atoms with Gasteiger partial charge in [0.25, 0.3) is 0 Å². The lowest BCUT2D eigenvalue weighted by molar-refractivity contribution is -0.118. The predicted molar refractivity (Wildman–Crippen MR) is 105 cm³/mol. The third kappa shape index (κ3) is 5.42. The molecule has 1 saturated carbocycles. The first-order valence-corrected chi connectivity index (χ1v) is 10.3. The van der Waals surface area contributed by atoms with Crippen LogP contribution in [0.1, 0.15) is 49.4 Å². The van der Waals surface area contributed by atoms with Gasteiger partial charge >= 0.3 is 0 Å². The number of aromatic nitrogens is 3. The van der Waals surface area contributed by atoms with E-state index in [1.54, 1.807) is 12.1 Å². The van der Waals surface area contributed by atoms with Gasteiger partial charge in [-0.1, -0.05) is 49.2 Å². The number of nitrogens with zero attached hydrogens (tertiary/aromatic N) is 3. The second kappa shape index (κ2) is 9.69. The molecule has 0 spiro atoms. The molecule has 0 bridgehead atoms. The molecule has 1 N–H and O–H groups in total. The van der Waals surface area contributed by atoms with E-state index in [1.807, 2.05) is 6.08 Å². The van der Waals surface area contributed by atoms with Crippen LogP contribution in [0.15, 0.2) is 42.1 Å². The molecule has 1 aromatic heterocycles. The zero-order valence-corrected chi connectivity index (χ0v) is 16.2. The lowest BCUT2D eigenvalue weighted by Gasteiger charge is -2.21. The van der Waals surface area contributed by atoms with Crippen molar-refractivity contribution in [3.8, 4) is 0 Å². The molecule has 1 aromatic carbocycles. The first-order chi connectivity index (χ1) is 13.2. The number of rotatable bonds is 8. The van der Waals surface area contributed by atoms with Gasteiger partial charge in [-0.25, -0.2) is 4.39 Å². The van der Waals surface area contributed by atoms with Crippen molar-refractivity contribution in [2.75, 3.05) is 5.75 Å². The van der Waals surface area contributed by atoms with Gasteiger partial charge in [-0.2, -0.15) is 0 Å². The van der Waals surface area contributed by atoms with Gasteiger partial charge in [-0.15, -0.1) is 16.8 Å². The van der Waals surface area contributed by atoms with E-state index in [2.05, 4.69) is 26.7 Å². The monoisotopic (exact) mass is 388 g/mol. The summed E-state index contributed by atoms with van der Waals surface area (Å²) in [5.41, 5.74) is 0.865. The van der Waals surface area contributed by atoms with Crippen molar-refractivity contribution in [2.45, 2.75) is 56.3 Å². The van der Waals surface area contributed by atoms with Crippen LogP contribution in [0.5, 0.6) is 0 Å². The number of nitrogens with one attached hydrogen (secondary N) is 1. The highest BCUT2D eigenvalue weighted by molar-refractivity contribution is 7.99. The normalized spacial score (nSPS) is 14.9. The molecule has 7 heteroatoms. The molecule has 144 valence electrons. The van der Waals surface area contributed by atoms with Crippen molar-refractivity contribution < 1.29 is 9.18 Å². The van der Waals surface area contributed by atoms with Crippen LogP contribution >= 0.6 is 11.8 Å². The van der Waals surface area contributed by atoms with Crippen molar-refractivity contribution in [3.63, 3.8) is 0 Å². The zero-order chi connectivity index (χ0) is 19.1. The van der Waals surface area contributed by atoms with Gasteiger partial charge in [-0.3, -0.25) is 4.79 Å². The Hall–Kier alpha value is -2.15. The van der Waals surface area contributed by atoms with Gasteiger partial charge in [-0.05, 0) is 30.5 Å². The third-order valence-electron chi connectivity index (χ3n) is 4.76. The molecule has 2 aromatic rings. The van der Waals surface area contributed by atoms with Crippen molar-refractivity contribution in [3.05, 3.63) is 54.1 Å². The molecule has 1 aliphatic carbocycles. The molecule has 0 radical (unpaired) electrons. The minimum atomic E-state index is -0.282. The molecule has 1 amide bonds. The van der Waals surface area contributed by atoms with Crippen molar-refractivity contribution >= 4 is 17.7 Å². The number of halogens is 1. The van der Waals surface area contributed by atoms with Gasteiger partial charge in [0.2, 0.25) is 5.91 Å². The van der Waals surface area contributed by atoms with E-state index < -0.39 is 0 Å². The van der Waals surface area contributed by atoms with Crippen molar-refractivity contribution in [1.82, 2.24) is 20.1 Å². The van der Waals surface area contributed by atoms with Crippen molar-refractivity contribution in [2.24, 2.45) is 0 Å². The Kier molecular flexibility index (Phi) is 7.04. The molecule has 0 unspecified atom stereocenters. The molecular formula is C20H25FN4OS. The molecule has 0 aliphatic heterocycles. The van der Waals surface area contributed by atoms with E-state index in [0.29, 0.717) is 19.0 Å². The smallest absolute Gasteiger partial charge is 0.230 e. The maximum Gasteiger partial charge on any atom is 0.230 e. The quantitative estimate of drug-likeness (QED) is 0.547. The number of hydrogen-bond donors (Lipinski definition) is 1. The van der Waals surface area contributed by atoms with Crippen LogP contribution in [0.3, 0.4) is 0 Å².